The molecule has 35 heavy (non-hydrogen) atoms. The van der Waals surface area contributed by atoms with Gasteiger partial charge in [0.25, 0.3) is 5.91 Å². The molecule has 5 rings (SSSR count). The Morgan fingerprint density at radius 3 is 2.37 bits per heavy atom. The fourth-order valence-corrected chi connectivity index (χ4v) is 4.49. The van der Waals surface area contributed by atoms with Crippen molar-refractivity contribution in [2.24, 2.45) is 0 Å². The van der Waals surface area contributed by atoms with Crippen LogP contribution in [0.5, 0.6) is 11.5 Å². The molecule has 0 bridgehead atoms. The first-order valence-electron chi connectivity index (χ1n) is 12.0. The fourth-order valence-electron chi connectivity index (χ4n) is 4.49. The SMILES string of the molecule is CCOc1ccc(C(=O)N2Cc3nn(-c4ccc(C)c(C)c4)c(-n4cccc4)c3C2)cc1OCC. The smallest absolute Gasteiger partial charge is 0.254 e. The fraction of sp³-hybridized carbons (Fsp3) is 0.286. The molecule has 2 aromatic carbocycles. The zero-order valence-electron chi connectivity index (χ0n) is 20.6. The van der Waals surface area contributed by atoms with E-state index < -0.39 is 0 Å². The number of carbonyl (C=O) groups is 1. The highest BCUT2D eigenvalue weighted by Gasteiger charge is 2.32. The summed E-state index contributed by atoms with van der Waals surface area (Å²) < 4.78 is 15.4. The maximum atomic E-state index is 13.5. The molecule has 0 radical (unpaired) electrons. The molecule has 2 aromatic heterocycles. The molecule has 0 fully saturated rings. The lowest BCUT2D eigenvalue weighted by Gasteiger charge is -2.19. The van der Waals surface area contributed by atoms with E-state index in [1.165, 1.54) is 11.1 Å². The van der Waals surface area contributed by atoms with Crippen molar-refractivity contribution in [2.45, 2.75) is 40.8 Å². The molecule has 0 N–H and O–H groups in total. The van der Waals surface area contributed by atoms with E-state index in [2.05, 4.69) is 36.6 Å². The zero-order valence-corrected chi connectivity index (χ0v) is 20.6. The Morgan fingerprint density at radius 1 is 0.914 bits per heavy atom. The van der Waals surface area contributed by atoms with Gasteiger partial charge in [-0.2, -0.15) is 5.10 Å². The molecule has 1 aliphatic rings. The van der Waals surface area contributed by atoms with E-state index in [1.807, 2.05) is 54.0 Å². The second kappa shape index (κ2) is 9.33. The molecule has 0 unspecified atom stereocenters. The molecule has 4 aromatic rings. The summed E-state index contributed by atoms with van der Waals surface area (Å²) in [4.78, 5) is 15.3. The van der Waals surface area contributed by atoms with Crippen molar-refractivity contribution in [1.29, 1.82) is 0 Å². The van der Waals surface area contributed by atoms with Gasteiger partial charge in [0.05, 0.1) is 37.7 Å². The summed E-state index contributed by atoms with van der Waals surface area (Å²) in [6.07, 6.45) is 4.03. The Kier molecular flexibility index (Phi) is 6.07. The number of fused-ring (bicyclic) bond motifs is 1. The van der Waals surface area contributed by atoms with Crippen molar-refractivity contribution in [2.75, 3.05) is 13.2 Å². The lowest BCUT2D eigenvalue weighted by molar-refractivity contribution is 0.0748. The second-order valence-corrected chi connectivity index (χ2v) is 8.71. The van der Waals surface area contributed by atoms with Crippen molar-refractivity contribution in [1.82, 2.24) is 19.2 Å². The average Bonchev–Trinajstić information content (AvgIpc) is 3.58. The monoisotopic (exact) mass is 470 g/mol. The normalized spacial score (nSPS) is 12.6. The Morgan fingerprint density at radius 2 is 1.66 bits per heavy atom. The van der Waals surface area contributed by atoms with E-state index in [4.69, 9.17) is 14.6 Å². The minimum Gasteiger partial charge on any atom is -0.490 e. The number of rotatable bonds is 7. The lowest BCUT2D eigenvalue weighted by atomic mass is 10.1. The topological polar surface area (TPSA) is 61.5 Å². The van der Waals surface area contributed by atoms with Crippen LogP contribution in [-0.4, -0.2) is 38.4 Å². The van der Waals surface area contributed by atoms with Gasteiger partial charge in [0, 0.05) is 23.5 Å². The van der Waals surface area contributed by atoms with Crippen LogP contribution in [0.4, 0.5) is 0 Å². The number of aromatic nitrogens is 3. The average molecular weight is 471 g/mol. The predicted molar refractivity (Wildman–Crippen MR) is 135 cm³/mol. The van der Waals surface area contributed by atoms with Gasteiger partial charge in [-0.25, -0.2) is 4.68 Å². The third-order valence-electron chi connectivity index (χ3n) is 6.39. The summed E-state index contributed by atoms with van der Waals surface area (Å²) in [5, 5.41) is 4.96. The summed E-state index contributed by atoms with van der Waals surface area (Å²) in [5.74, 6) is 2.15. The minimum atomic E-state index is -0.0526. The molecule has 0 saturated heterocycles. The number of carbonyl (C=O) groups excluding carboxylic acids is 1. The molecule has 7 nitrogen and oxygen atoms in total. The number of benzene rings is 2. The maximum Gasteiger partial charge on any atom is 0.254 e. The van der Waals surface area contributed by atoms with Crippen molar-refractivity contribution < 1.29 is 14.3 Å². The molecule has 180 valence electrons. The van der Waals surface area contributed by atoms with E-state index >= 15 is 0 Å². The minimum absolute atomic E-state index is 0.0526. The molecule has 0 atom stereocenters. The van der Waals surface area contributed by atoms with Crippen molar-refractivity contribution >= 4 is 5.91 Å². The van der Waals surface area contributed by atoms with E-state index in [1.54, 1.807) is 12.1 Å². The third kappa shape index (κ3) is 4.18. The summed E-state index contributed by atoms with van der Waals surface area (Å²) in [6.45, 7) is 10.0. The molecule has 7 heteroatoms. The van der Waals surface area contributed by atoms with Crippen LogP contribution in [0.1, 0.15) is 46.6 Å². The van der Waals surface area contributed by atoms with Crippen LogP contribution < -0.4 is 9.47 Å². The van der Waals surface area contributed by atoms with Gasteiger partial charge in [-0.05, 0) is 81.3 Å². The summed E-state index contributed by atoms with van der Waals surface area (Å²) in [7, 11) is 0. The van der Waals surface area contributed by atoms with Crippen LogP contribution in [0, 0.1) is 13.8 Å². The van der Waals surface area contributed by atoms with Crippen LogP contribution in [0.15, 0.2) is 60.9 Å². The molecular formula is C28H30N4O3. The van der Waals surface area contributed by atoms with Gasteiger partial charge in [-0.15, -0.1) is 0 Å². The summed E-state index contributed by atoms with van der Waals surface area (Å²) in [6, 6.07) is 15.7. The lowest BCUT2D eigenvalue weighted by Crippen LogP contribution is -2.26. The van der Waals surface area contributed by atoms with E-state index in [9.17, 15) is 4.79 Å². The zero-order chi connectivity index (χ0) is 24.5. The Balaban J connectivity index is 1.48. The number of aryl methyl sites for hydroxylation is 2. The number of amides is 1. The molecule has 1 amide bonds. The van der Waals surface area contributed by atoms with Crippen LogP contribution in [0.3, 0.4) is 0 Å². The van der Waals surface area contributed by atoms with Crippen LogP contribution in [0.25, 0.3) is 11.5 Å². The molecule has 0 spiro atoms. The van der Waals surface area contributed by atoms with E-state index in [-0.39, 0.29) is 5.91 Å². The van der Waals surface area contributed by atoms with Gasteiger partial charge in [0.15, 0.2) is 11.5 Å². The van der Waals surface area contributed by atoms with Gasteiger partial charge < -0.3 is 18.9 Å². The molecule has 0 saturated carbocycles. The molecule has 1 aliphatic heterocycles. The molecular weight excluding hydrogens is 440 g/mol. The van der Waals surface area contributed by atoms with E-state index in [0.29, 0.717) is 43.4 Å². The number of hydrogen-bond acceptors (Lipinski definition) is 4. The van der Waals surface area contributed by atoms with Crippen LogP contribution in [-0.2, 0) is 13.1 Å². The number of nitrogens with zero attached hydrogens (tertiary/aromatic N) is 4. The first-order valence-corrected chi connectivity index (χ1v) is 12.0. The Labute approximate surface area is 205 Å². The second-order valence-electron chi connectivity index (χ2n) is 8.71. The van der Waals surface area contributed by atoms with Crippen LogP contribution in [0.2, 0.25) is 0 Å². The van der Waals surface area contributed by atoms with Crippen molar-refractivity contribution in [3.63, 3.8) is 0 Å². The highest BCUT2D eigenvalue weighted by atomic mass is 16.5. The van der Waals surface area contributed by atoms with Gasteiger partial charge in [0.1, 0.15) is 5.82 Å². The highest BCUT2D eigenvalue weighted by Crippen LogP contribution is 2.33. The number of ether oxygens (including phenoxy) is 2. The van der Waals surface area contributed by atoms with E-state index in [0.717, 1.165) is 22.8 Å². The summed E-state index contributed by atoms with van der Waals surface area (Å²) in [5.41, 5.74) is 6.02. The maximum absolute atomic E-state index is 13.5. The van der Waals surface area contributed by atoms with Gasteiger partial charge in [0.2, 0.25) is 0 Å². The van der Waals surface area contributed by atoms with Crippen LogP contribution >= 0.6 is 0 Å². The first-order chi connectivity index (χ1) is 17.0. The summed E-state index contributed by atoms with van der Waals surface area (Å²) >= 11 is 0. The first kappa shape index (κ1) is 22.8. The standard InChI is InChI=1S/C28H30N4O3/c1-5-34-25-12-10-21(16-26(25)35-6-2)28(33)31-17-23-24(18-31)29-32(27(23)30-13-7-8-14-30)22-11-9-19(3)20(4)15-22/h7-16H,5-6,17-18H2,1-4H3. The number of hydrogen-bond donors (Lipinski definition) is 0. The molecule has 3 heterocycles. The van der Waals surface area contributed by atoms with Crippen molar-refractivity contribution in [3.05, 3.63) is 88.9 Å². The van der Waals surface area contributed by atoms with Crippen molar-refractivity contribution in [3.8, 4) is 23.0 Å². The van der Waals surface area contributed by atoms with Gasteiger partial charge >= 0.3 is 0 Å². The molecule has 0 aliphatic carbocycles. The quantitative estimate of drug-likeness (QED) is 0.371. The Hall–Kier alpha value is -4.00. The van der Waals surface area contributed by atoms with Gasteiger partial charge in [-0.3, -0.25) is 4.79 Å². The predicted octanol–water partition coefficient (Wildman–Crippen LogP) is 5.23. The highest BCUT2D eigenvalue weighted by molar-refractivity contribution is 5.95. The largest absolute Gasteiger partial charge is 0.490 e. The third-order valence-corrected chi connectivity index (χ3v) is 6.39. The van der Waals surface area contributed by atoms with Gasteiger partial charge in [-0.1, -0.05) is 6.07 Å². The Bertz CT molecular complexity index is 1370.